The smallest absolute Gasteiger partial charge is 0.264 e. The first-order chi connectivity index (χ1) is 15.8. The van der Waals surface area contributed by atoms with Gasteiger partial charge in [-0.15, -0.1) is 11.3 Å². The van der Waals surface area contributed by atoms with Gasteiger partial charge in [-0.05, 0) is 53.4 Å². The second-order valence-electron chi connectivity index (χ2n) is 7.24. The Balaban J connectivity index is 1.59. The van der Waals surface area contributed by atoms with Crippen LogP contribution >= 0.6 is 22.9 Å². The molecule has 0 atom stereocenters. The van der Waals surface area contributed by atoms with E-state index in [1.165, 1.54) is 34.4 Å². The van der Waals surface area contributed by atoms with Crippen molar-refractivity contribution in [1.82, 2.24) is 4.90 Å². The molecular formula is C24H16ClF3N2O2S. The molecule has 0 aliphatic rings. The summed E-state index contributed by atoms with van der Waals surface area (Å²) < 4.78 is 41.3. The van der Waals surface area contributed by atoms with Gasteiger partial charge in [-0.25, -0.2) is 13.2 Å². The highest BCUT2D eigenvalue weighted by atomic mass is 35.5. The maximum absolute atomic E-state index is 13.7. The number of nitrogens with zero attached hydrogens (tertiary/aromatic N) is 1. The van der Waals surface area contributed by atoms with Crippen LogP contribution in [0.15, 0.2) is 66.7 Å². The molecule has 0 aliphatic heterocycles. The fourth-order valence-corrected chi connectivity index (χ4v) is 4.46. The van der Waals surface area contributed by atoms with Gasteiger partial charge in [0.1, 0.15) is 12.4 Å². The van der Waals surface area contributed by atoms with E-state index in [-0.39, 0.29) is 23.8 Å². The Labute approximate surface area is 196 Å². The molecule has 4 rings (SSSR count). The van der Waals surface area contributed by atoms with Crippen LogP contribution in [-0.2, 0) is 11.3 Å². The van der Waals surface area contributed by atoms with Gasteiger partial charge in [0.05, 0.1) is 9.90 Å². The van der Waals surface area contributed by atoms with E-state index in [0.717, 1.165) is 28.3 Å². The molecule has 0 saturated carbocycles. The van der Waals surface area contributed by atoms with Crippen LogP contribution in [-0.4, -0.2) is 23.3 Å². The number of halogens is 4. The molecule has 168 valence electrons. The number of thiophene rings is 1. The van der Waals surface area contributed by atoms with Gasteiger partial charge >= 0.3 is 0 Å². The average molecular weight is 489 g/mol. The molecule has 4 nitrogen and oxygen atoms in total. The summed E-state index contributed by atoms with van der Waals surface area (Å²) in [5.74, 6) is -3.68. The highest BCUT2D eigenvalue weighted by Gasteiger charge is 2.22. The lowest BCUT2D eigenvalue weighted by atomic mass is 10.2. The first-order valence-electron chi connectivity index (χ1n) is 9.77. The summed E-state index contributed by atoms with van der Waals surface area (Å²) in [5, 5.41) is 3.28. The third-order valence-electron chi connectivity index (χ3n) is 4.82. The van der Waals surface area contributed by atoms with Gasteiger partial charge in [0, 0.05) is 16.9 Å². The molecule has 0 bridgehead atoms. The van der Waals surface area contributed by atoms with Crippen molar-refractivity contribution in [3.05, 3.63) is 99.6 Å². The van der Waals surface area contributed by atoms with Gasteiger partial charge in [-0.1, -0.05) is 35.9 Å². The van der Waals surface area contributed by atoms with Gasteiger partial charge in [-0.3, -0.25) is 9.59 Å². The van der Waals surface area contributed by atoms with E-state index >= 15 is 0 Å². The van der Waals surface area contributed by atoms with Crippen LogP contribution in [0.5, 0.6) is 0 Å². The molecule has 0 unspecified atom stereocenters. The van der Waals surface area contributed by atoms with Crippen LogP contribution in [0.4, 0.5) is 18.9 Å². The van der Waals surface area contributed by atoms with Crippen molar-refractivity contribution in [2.24, 2.45) is 0 Å². The molecule has 0 fully saturated rings. The summed E-state index contributed by atoms with van der Waals surface area (Å²) in [7, 11) is 0. The number of amides is 2. The summed E-state index contributed by atoms with van der Waals surface area (Å²) in [5.41, 5.74) is 0.578. The Morgan fingerprint density at radius 2 is 1.67 bits per heavy atom. The summed E-state index contributed by atoms with van der Waals surface area (Å²) in [6, 6.07) is 16.2. The highest BCUT2D eigenvalue weighted by Crippen LogP contribution is 2.27. The van der Waals surface area contributed by atoms with E-state index in [4.69, 9.17) is 11.6 Å². The quantitative estimate of drug-likeness (QED) is 0.348. The number of rotatable bonds is 6. The lowest BCUT2D eigenvalue weighted by Crippen LogP contribution is -2.37. The zero-order valence-electron chi connectivity index (χ0n) is 16.9. The van der Waals surface area contributed by atoms with Crippen LogP contribution < -0.4 is 5.32 Å². The van der Waals surface area contributed by atoms with Crippen molar-refractivity contribution in [3.8, 4) is 0 Å². The monoisotopic (exact) mass is 488 g/mol. The van der Waals surface area contributed by atoms with Crippen LogP contribution in [0, 0.1) is 17.5 Å². The predicted octanol–water partition coefficient (Wildman–Crippen LogP) is 6.25. The van der Waals surface area contributed by atoms with Crippen molar-refractivity contribution in [2.75, 3.05) is 11.9 Å². The largest absolute Gasteiger partial charge is 0.324 e. The number of nitrogens with one attached hydrogen (secondary N) is 1. The van der Waals surface area contributed by atoms with Crippen LogP contribution in [0.3, 0.4) is 0 Å². The number of benzene rings is 3. The molecule has 33 heavy (non-hydrogen) atoms. The van der Waals surface area contributed by atoms with E-state index < -0.39 is 29.3 Å². The normalized spacial score (nSPS) is 10.9. The maximum Gasteiger partial charge on any atom is 0.264 e. The van der Waals surface area contributed by atoms with Gasteiger partial charge < -0.3 is 10.2 Å². The molecule has 0 saturated heterocycles. The molecule has 9 heteroatoms. The van der Waals surface area contributed by atoms with Crippen molar-refractivity contribution in [3.63, 3.8) is 0 Å². The Kier molecular flexibility index (Phi) is 6.67. The van der Waals surface area contributed by atoms with Gasteiger partial charge in [0.2, 0.25) is 5.91 Å². The van der Waals surface area contributed by atoms with Crippen molar-refractivity contribution in [1.29, 1.82) is 0 Å². The SMILES string of the molecule is O=C(CN(Cc1ccc(F)c(F)c1)C(=O)c1cc2ccccc2s1)Nc1ccc(F)c(Cl)c1. The van der Waals surface area contributed by atoms with Gasteiger partial charge in [-0.2, -0.15) is 0 Å². The molecule has 0 aliphatic carbocycles. The highest BCUT2D eigenvalue weighted by molar-refractivity contribution is 7.20. The topological polar surface area (TPSA) is 49.4 Å². The zero-order valence-corrected chi connectivity index (χ0v) is 18.5. The summed E-state index contributed by atoms with van der Waals surface area (Å²) in [6.07, 6.45) is 0. The lowest BCUT2D eigenvalue weighted by molar-refractivity contribution is -0.117. The number of hydrogen-bond acceptors (Lipinski definition) is 3. The van der Waals surface area contributed by atoms with Gasteiger partial charge in [0.25, 0.3) is 5.91 Å². The molecule has 1 heterocycles. The second-order valence-corrected chi connectivity index (χ2v) is 8.73. The van der Waals surface area contributed by atoms with Crippen LogP contribution in [0.1, 0.15) is 15.2 Å². The Morgan fingerprint density at radius 1 is 0.909 bits per heavy atom. The Bertz CT molecular complexity index is 1330. The van der Waals surface area contributed by atoms with Crippen molar-refractivity contribution >= 4 is 50.5 Å². The first kappa shape index (κ1) is 22.8. The molecule has 4 aromatic rings. The van der Waals surface area contributed by atoms with Crippen molar-refractivity contribution in [2.45, 2.75) is 6.54 Å². The summed E-state index contributed by atoms with van der Waals surface area (Å²) in [6.45, 7) is -0.497. The first-order valence-corrected chi connectivity index (χ1v) is 11.0. The molecule has 1 aromatic heterocycles. The Hall–Kier alpha value is -3.36. The zero-order chi connectivity index (χ0) is 23.5. The minimum absolute atomic E-state index is 0.123. The molecule has 0 radical (unpaired) electrons. The van der Waals surface area contributed by atoms with Crippen molar-refractivity contribution < 1.29 is 22.8 Å². The van der Waals surface area contributed by atoms with Gasteiger partial charge in [0.15, 0.2) is 11.6 Å². The van der Waals surface area contributed by atoms with E-state index in [2.05, 4.69) is 5.32 Å². The third kappa shape index (κ3) is 5.35. The molecular weight excluding hydrogens is 473 g/mol. The number of carbonyl (C=O) groups excluding carboxylic acids is 2. The lowest BCUT2D eigenvalue weighted by Gasteiger charge is -2.22. The van der Waals surface area contributed by atoms with E-state index in [9.17, 15) is 22.8 Å². The van der Waals surface area contributed by atoms with Crippen LogP contribution in [0.2, 0.25) is 5.02 Å². The molecule has 0 spiro atoms. The minimum atomic E-state index is -1.05. The fraction of sp³-hybridized carbons (Fsp3) is 0.0833. The average Bonchev–Trinajstić information content (AvgIpc) is 3.22. The number of hydrogen-bond donors (Lipinski definition) is 1. The minimum Gasteiger partial charge on any atom is -0.324 e. The standard InChI is InChI=1S/C24H16ClF3N2O2S/c25-17-11-16(6-8-18(17)26)29-23(31)13-30(12-14-5-7-19(27)20(28)9-14)24(32)22-10-15-3-1-2-4-21(15)33-22/h1-11H,12-13H2,(H,29,31). The van der Waals surface area contributed by atoms with E-state index in [1.54, 1.807) is 6.07 Å². The number of fused-ring (bicyclic) bond motifs is 1. The third-order valence-corrected chi connectivity index (χ3v) is 6.21. The second kappa shape index (κ2) is 9.64. The predicted molar refractivity (Wildman–Crippen MR) is 123 cm³/mol. The summed E-state index contributed by atoms with van der Waals surface area (Å²) in [4.78, 5) is 27.6. The van der Waals surface area contributed by atoms with E-state index in [1.807, 2.05) is 24.3 Å². The fourth-order valence-electron chi connectivity index (χ4n) is 3.25. The number of carbonyl (C=O) groups is 2. The number of anilines is 1. The summed E-state index contributed by atoms with van der Waals surface area (Å²) >= 11 is 7.02. The molecule has 3 aromatic carbocycles. The molecule has 1 N–H and O–H groups in total. The maximum atomic E-state index is 13.7. The van der Waals surface area contributed by atoms with Crippen LogP contribution in [0.25, 0.3) is 10.1 Å². The molecule has 2 amide bonds. The van der Waals surface area contributed by atoms with E-state index in [0.29, 0.717) is 10.4 Å². The Morgan fingerprint density at radius 3 is 2.39 bits per heavy atom.